The molecule has 0 aliphatic heterocycles. The van der Waals surface area contributed by atoms with Gasteiger partial charge in [-0.15, -0.1) is 0 Å². The van der Waals surface area contributed by atoms with Crippen LogP contribution in [0.3, 0.4) is 0 Å². The fourth-order valence-electron chi connectivity index (χ4n) is 6.27. The van der Waals surface area contributed by atoms with Crippen LogP contribution < -0.4 is 0 Å². The maximum atomic E-state index is 13.2. The van der Waals surface area contributed by atoms with E-state index in [1.165, 1.54) is 6.42 Å². The molecule has 7 atom stereocenters. The van der Waals surface area contributed by atoms with Gasteiger partial charge in [-0.05, 0) is 55.8 Å². The molecule has 5 nitrogen and oxygen atoms in total. The number of rotatable bonds is 6. The van der Waals surface area contributed by atoms with Crippen LogP contribution in [0.25, 0.3) is 0 Å². The molecule has 27 heavy (non-hydrogen) atoms. The summed E-state index contributed by atoms with van der Waals surface area (Å²) in [5.74, 6) is -0.610. The van der Waals surface area contributed by atoms with Crippen LogP contribution in [0.2, 0.25) is 0 Å². The number of hydrogen-bond donors (Lipinski definition) is 0. The van der Waals surface area contributed by atoms with Crippen LogP contribution in [0.1, 0.15) is 53.4 Å². The molecule has 0 amide bonds. The molecule has 0 heterocycles. The first-order chi connectivity index (χ1) is 12.8. The number of allylic oxidation sites excluding steroid dienone is 2. The van der Waals surface area contributed by atoms with E-state index in [-0.39, 0.29) is 47.5 Å². The number of fused-ring (bicyclic) bond motifs is 4. The molecule has 0 aromatic rings. The first-order valence-electron chi connectivity index (χ1n) is 10.4. The summed E-state index contributed by atoms with van der Waals surface area (Å²) in [5, 5.41) is 0. The molecule has 4 aliphatic carbocycles. The monoisotopic (exact) mass is 376 g/mol. The van der Waals surface area contributed by atoms with E-state index in [9.17, 15) is 9.59 Å². The highest BCUT2D eigenvalue weighted by atomic mass is 16.7. The topological polar surface area (TPSA) is 61.8 Å². The Bertz CT molecular complexity index is 653. The fourth-order valence-corrected chi connectivity index (χ4v) is 6.27. The van der Waals surface area contributed by atoms with E-state index in [1.807, 2.05) is 6.92 Å². The lowest BCUT2D eigenvalue weighted by Gasteiger charge is -2.39. The SMILES string of the molecule is CCOCOC(=O)C1C2C=CC(C2)C1C(=O)OC1CC2CCC1(C)C2(C)C. The molecule has 4 aliphatic rings. The van der Waals surface area contributed by atoms with Crippen molar-refractivity contribution in [3.63, 3.8) is 0 Å². The second kappa shape index (κ2) is 6.61. The summed E-state index contributed by atoms with van der Waals surface area (Å²) in [6.07, 6.45) is 8.22. The first-order valence-corrected chi connectivity index (χ1v) is 10.4. The molecule has 0 N–H and O–H groups in total. The highest BCUT2D eigenvalue weighted by molar-refractivity contribution is 5.84. The minimum absolute atomic E-state index is 0.0335. The Labute approximate surface area is 161 Å². The van der Waals surface area contributed by atoms with E-state index in [1.54, 1.807) is 0 Å². The Morgan fingerprint density at radius 2 is 1.70 bits per heavy atom. The van der Waals surface area contributed by atoms with Crippen molar-refractivity contribution >= 4 is 11.9 Å². The molecular weight excluding hydrogens is 344 g/mol. The van der Waals surface area contributed by atoms with Gasteiger partial charge in [0.2, 0.25) is 0 Å². The maximum Gasteiger partial charge on any atom is 0.312 e. The minimum atomic E-state index is -0.438. The summed E-state index contributed by atoms with van der Waals surface area (Å²) in [7, 11) is 0. The first kappa shape index (κ1) is 19.0. The van der Waals surface area contributed by atoms with Crippen molar-refractivity contribution < 1.29 is 23.8 Å². The summed E-state index contributed by atoms with van der Waals surface area (Å²) < 4.78 is 16.5. The van der Waals surface area contributed by atoms with Gasteiger partial charge in [0, 0.05) is 12.0 Å². The van der Waals surface area contributed by atoms with Crippen molar-refractivity contribution in [1.82, 2.24) is 0 Å². The highest BCUT2D eigenvalue weighted by Gasteiger charge is 2.63. The van der Waals surface area contributed by atoms with Crippen LogP contribution in [-0.2, 0) is 23.8 Å². The van der Waals surface area contributed by atoms with E-state index in [0.717, 1.165) is 19.3 Å². The molecule has 0 aromatic carbocycles. The molecule has 3 fully saturated rings. The average Bonchev–Trinajstić information content (AvgIpc) is 3.33. The summed E-state index contributed by atoms with van der Waals surface area (Å²) in [5.41, 5.74) is 0.230. The van der Waals surface area contributed by atoms with Crippen molar-refractivity contribution in [3.05, 3.63) is 12.2 Å². The van der Waals surface area contributed by atoms with Crippen molar-refractivity contribution in [1.29, 1.82) is 0 Å². The Morgan fingerprint density at radius 1 is 1.04 bits per heavy atom. The van der Waals surface area contributed by atoms with E-state index < -0.39 is 11.8 Å². The lowest BCUT2D eigenvalue weighted by atomic mass is 9.70. The van der Waals surface area contributed by atoms with Crippen LogP contribution >= 0.6 is 0 Å². The van der Waals surface area contributed by atoms with Crippen LogP contribution in [-0.4, -0.2) is 31.4 Å². The third kappa shape index (κ3) is 2.76. The van der Waals surface area contributed by atoms with Crippen molar-refractivity contribution in [2.24, 2.45) is 40.4 Å². The number of carbonyl (C=O) groups is 2. The van der Waals surface area contributed by atoms with Gasteiger partial charge in [0.25, 0.3) is 0 Å². The minimum Gasteiger partial charge on any atom is -0.462 e. The number of ether oxygens (including phenoxy) is 3. The van der Waals surface area contributed by atoms with Crippen LogP contribution in [0, 0.1) is 40.4 Å². The maximum absolute atomic E-state index is 13.2. The van der Waals surface area contributed by atoms with Gasteiger partial charge in [-0.1, -0.05) is 32.9 Å². The zero-order valence-corrected chi connectivity index (χ0v) is 16.9. The Hall–Kier alpha value is -1.36. The molecule has 0 aromatic heterocycles. The number of hydrogen-bond acceptors (Lipinski definition) is 5. The van der Waals surface area contributed by atoms with Crippen LogP contribution in [0.15, 0.2) is 12.2 Å². The van der Waals surface area contributed by atoms with Gasteiger partial charge in [-0.2, -0.15) is 0 Å². The zero-order valence-electron chi connectivity index (χ0n) is 16.9. The quantitative estimate of drug-likeness (QED) is 0.306. The van der Waals surface area contributed by atoms with Gasteiger partial charge in [0.15, 0.2) is 6.79 Å². The van der Waals surface area contributed by atoms with E-state index >= 15 is 0 Å². The van der Waals surface area contributed by atoms with Gasteiger partial charge >= 0.3 is 11.9 Å². The summed E-state index contributed by atoms with van der Waals surface area (Å²) in [6, 6.07) is 0. The van der Waals surface area contributed by atoms with Gasteiger partial charge in [-0.3, -0.25) is 9.59 Å². The standard InChI is InChI=1S/C22H32O5/c1-5-25-12-26-19(23)17-13-6-7-14(10-13)18(17)20(24)27-16-11-15-8-9-22(16,4)21(15,2)3/h6-7,13-18H,5,8-12H2,1-4H3. The van der Waals surface area contributed by atoms with E-state index in [2.05, 4.69) is 32.9 Å². The number of esters is 2. The summed E-state index contributed by atoms with van der Waals surface area (Å²) in [6.45, 7) is 9.19. The van der Waals surface area contributed by atoms with Gasteiger partial charge in [-0.25, -0.2) is 0 Å². The van der Waals surface area contributed by atoms with Crippen LogP contribution in [0.4, 0.5) is 0 Å². The smallest absolute Gasteiger partial charge is 0.312 e. The predicted octanol–water partition coefficient (Wildman–Crippen LogP) is 3.72. The molecule has 3 saturated carbocycles. The van der Waals surface area contributed by atoms with Crippen molar-refractivity contribution in [2.75, 3.05) is 13.4 Å². The molecule has 0 saturated heterocycles. The second-order valence-electron chi connectivity index (χ2n) is 9.61. The molecule has 4 rings (SSSR count). The molecule has 7 unspecified atom stereocenters. The van der Waals surface area contributed by atoms with Gasteiger partial charge in [0.05, 0.1) is 11.8 Å². The van der Waals surface area contributed by atoms with E-state index in [4.69, 9.17) is 14.2 Å². The fraction of sp³-hybridized carbons (Fsp3) is 0.818. The van der Waals surface area contributed by atoms with Gasteiger partial charge < -0.3 is 14.2 Å². The Balaban J connectivity index is 1.46. The third-order valence-electron chi connectivity index (χ3n) is 8.46. The zero-order chi connectivity index (χ0) is 19.4. The summed E-state index contributed by atoms with van der Waals surface area (Å²) >= 11 is 0. The molecule has 150 valence electrons. The van der Waals surface area contributed by atoms with Gasteiger partial charge in [0.1, 0.15) is 6.10 Å². The molecule has 0 radical (unpaired) electrons. The lowest BCUT2D eigenvalue weighted by Crippen LogP contribution is -2.42. The lowest BCUT2D eigenvalue weighted by molar-refractivity contribution is -0.174. The summed E-state index contributed by atoms with van der Waals surface area (Å²) in [4.78, 5) is 25.8. The Morgan fingerprint density at radius 3 is 2.26 bits per heavy atom. The average molecular weight is 376 g/mol. The van der Waals surface area contributed by atoms with Crippen molar-refractivity contribution in [3.8, 4) is 0 Å². The van der Waals surface area contributed by atoms with Crippen molar-refractivity contribution in [2.45, 2.75) is 59.5 Å². The number of carbonyl (C=O) groups excluding carboxylic acids is 2. The predicted molar refractivity (Wildman–Crippen MR) is 99.4 cm³/mol. The molecule has 0 spiro atoms. The van der Waals surface area contributed by atoms with Crippen LogP contribution in [0.5, 0.6) is 0 Å². The third-order valence-corrected chi connectivity index (χ3v) is 8.46. The Kier molecular flexibility index (Phi) is 4.65. The normalized spacial score (nSPS) is 43.3. The largest absolute Gasteiger partial charge is 0.462 e. The highest BCUT2D eigenvalue weighted by Crippen LogP contribution is 2.66. The van der Waals surface area contributed by atoms with E-state index in [0.29, 0.717) is 12.5 Å². The molecule has 5 heteroatoms. The second-order valence-corrected chi connectivity index (χ2v) is 9.61. The molecular formula is C22H32O5. The molecule has 4 bridgehead atoms.